The van der Waals surface area contributed by atoms with Gasteiger partial charge in [0.1, 0.15) is 0 Å². The predicted octanol–water partition coefficient (Wildman–Crippen LogP) is 0.215. The van der Waals surface area contributed by atoms with Crippen LogP contribution in [0.2, 0.25) is 0 Å². The molecule has 0 saturated heterocycles. The molecule has 0 unspecified atom stereocenters. The monoisotopic (exact) mass is 253 g/mol. The van der Waals surface area contributed by atoms with E-state index in [1.54, 1.807) is 10.6 Å². The van der Waals surface area contributed by atoms with Crippen LogP contribution in [0.25, 0.3) is 10.9 Å². The number of rotatable bonds is 0. The summed E-state index contributed by atoms with van der Waals surface area (Å²) in [6.45, 7) is 2.01. The van der Waals surface area contributed by atoms with Gasteiger partial charge >= 0.3 is 5.69 Å². The van der Waals surface area contributed by atoms with E-state index in [0.29, 0.717) is 18.5 Å². The number of nitrogens with zero attached hydrogens (tertiary/aromatic N) is 1. The van der Waals surface area contributed by atoms with Crippen LogP contribution in [0.5, 0.6) is 0 Å². The Morgan fingerprint density at radius 1 is 1.24 bits per heavy atom. The molecule has 0 saturated carbocycles. The maximum Gasteiger partial charge on any atom is 0.328 e. The summed E-state index contributed by atoms with van der Waals surface area (Å²) in [6, 6.07) is 5.53. The van der Waals surface area contributed by atoms with Crippen molar-refractivity contribution in [1.82, 2.24) is 14.9 Å². The average Bonchev–Trinajstić information content (AvgIpc) is 2.49. The molecule has 0 amide bonds. The first-order valence-corrected chi connectivity index (χ1v) is 5.23. The van der Waals surface area contributed by atoms with Gasteiger partial charge in [0, 0.05) is 19.6 Å². The molecule has 1 aromatic carbocycles. The topological polar surface area (TPSA) is 66.9 Å². The minimum Gasteiger partial charge on any atom is -0.311 e. The molecule has 1 aliphatic rings. The summed E-state index contributed by atoms with van der Waals surface area (Å²) in [5.74, 6) is 0. The Hall–Kier alpha value is -1.59. The van der Waals surface area contributed by atoms with Crippen molar-refractivity contribution in [2.24, 2.45) is 0 Å². The maximum absolute atomic E-state index is 11.7. The van der Waals surface area contributed by atoms with Gasteiger partial charge in [-0.25, -0.2) is 4.79 Å². The van der Waals surface area contributed by atoms with Gasteiger partial charge < -0.3 is 5.32 Å². The summed E-state index contributed by atoms with van der Waals surface area (Å²) in [5.41, 5.74) is 1.13. The van der Waals surface area contributed by atoms with Crippen LogP contribution in [0.3, 0.4) is 0 Å². The van der Waals surface area contributed by atoms with E-state index in [0.717, 1.165) is 17.6 Å². The molecule has 0 fully saturated rings. The van der Waals surface area contributed by atoms with Gasteiger partial charge in [-0.15, -0.1) is 12.4 Å². The Kier molecular flexibility index (Phi) is 3.04. The van der Waals surface area contributed by atoms with Gasteiger partial charge in [-0.05, 0) is 11.6 Å². The Balaban J connectivity index is 0.00000108. The minimum absolute atomic E-state index is 0. The van der Waals surface area contributed by atoms with Crippen molar-refractivity contribution in [3.05, 3.63) is 44.6 Å². The molecule has 90 valence electrons. The quantitative estimate of drug-likeness (QED) is 0.706. The Bertz CT molecular complexity index is 674. The lowest BCUT2D eigenvalue weighted by Gasteiger charge is -2.07. The first-order valence-electron chi connectivity index (χ1n) is 5.23. The van der Waals surface area contributed by atoms with Crippen LogP contribution < -0.4 is 16.6 Å². The number of nitrogens with one attached hydrogen (secondary N) is 2. The van der Waals surface area contributed by atoms with Crippen LogP contribution >= 0.6 is 12.4 Å². The fourth-order valence-corrected chi connectivity index (χ4v) is 2.20. The van der Waals surface area contributed by atoms with Crippen LogP contribution in [0.4, 0.5) is 0 Å². The van der Waals surface area contributed by atoms with Gasteiger partial charge in [0.15, 0.2) is 0 Å². The molecule has 0 radical (unpaired) electrons. The van der Waals surface area contributed by atoms with E-state index in [2.05, 4.69) is 10.3 Å². The van der Waals surface area contributed by atoms with Gasteiger partial charge in [-0.3, -0.25) is 14.3 Å². The molecule has 0 bridgehead atoms. The number of benzene rings is 1. The Labute approximate surface area is 103 Å². The van der Waals surface area contributed by atoms with Crippen LogP contribution in [0.15, 0.2) is 27.8 Å². The van der Waals surface area contributed by atoms with E-state index in [1.807, 2.05) is 12.1 Å². The van der Waals surface area contributed by atoms with Gasteiger partial charge in [0.05, 0.1) is 10.9 Å². The summed E-state index contributed by atoms with van der Waals surface area (Å²) in [6.07, 6.45) is 0. The van der Waals surface area contributed by atoms with E-state index in [9.17, 15) is 9.59 Å². The number of hydrogen-bond acceptors (Lipinski definition) is 3. The molecule has 2 heterocycles. The highest BCUT2D eigenvalue weighted by Crippen LogP contribution is 2.15. The van der Waals surface area contributed by atoms with Crippen LogP contribution in [0, 0.1) is 0 Å². The summed E-state index contributed by atoms with van der Waals surface area (Å²) in [4.78, 5) is 25.7. The standard InChI is InChI=1S/C11H11N3O2.ClH/c15-10-8-3-1-2-7-6-12-4-5-14(9(7)8)11(16)13-10;/h1-3,12H,4-6H2,(H,13,15,16);1H. The number of hydrogen-bond donors (Lipinski definition) is 2. The predicted molar refractivity (Wildman–Crippen MR) is 67.8 cm³/mol. The second kappa shape index (κ2) is 4.35. The molecule has 0 atom stereocenters. The third-order valence-electron chi connectivity index (χ3n) is 2.93. The second-order valence-corrected chi connectivity index (χ2v) is 3.90. The van der Waals surface area contributed by atoms with Crippen molar-refractivity contribution in [2.45, 2.75) is 13.1 Å². The van der Waals surface area contributed by atoms with Crippen LogP contribution in [-0.4, -0.2) is 16.1 Å². The van der Waals surface area contributed by atoms with Gasteiger partial charge in [0.25, 0.3) is 5.56 Å². The van der Waals surface area contributed by atoms with Crippen LogP contribution in [-0.2, 0) is 13.1 Å². The summed E-state index contributed by atoms with van der Waals surface area (Å²) in [7, 11) is 0. The van der Waals surface area contributed by atoms with Crippen molar-refractivity contribution in [2.75, 3.05) is 6.54 Å². The zero-order valence-electron chi connectivity index (χ0n) is 9.03. The lowest BCUT2D eigenvalue weighted by atomic mass is 10.1. The van der Waals surface area contributed by atoms with E-state index in [1.165, 1.54) is 0 Å². The zero-order chi connectivity index (χ0) is 11.1. The highest BCUT2D eigenvalue weighted by Gasteiger charge is 2.13. The Morgan fingerprint density at radius 2 is 2.06 bits per heavy atom. The first-order chi connectivity index (χ1) is 7.77. The third-order valence-corrected chi connectivity index (χ3v) is 2.93. The second-order valence-electron chi connectivity index (χ2n) is 3.90. The Morgan fingerprint density at radius 3 is 2.88 bits per heavy atom. The molecule has 1 aromatic heterocycles. The smallest absolute Gasteiger partial charge is 0.311 e. The molecular weight excluding hydrogens is 242 g/mol. The fraction of sp³-hybridized carbons (Fsp3) is 0.273. The molecule has 0 spiro atoms. The molecule has 3 rings (SSSR count). The molecule has 1 aliphatic heterocycles. The molecular formula is C11H12ClN3O2. The summed E-state index contributed by atoms with van der Waals surface area (Å²) in [5, 5.41) is 3.81. The fourth-order valence-electron chi connectivity index (χ4n) is 2.20. The van der Waals surface area contributed by atoms with Gasteiger partial charge in [0.2, 0.25) is 0 Å². The van der Waals surface area contributed by atoms with Crippen molar-refractivity contribution in [3.63, 3.8) is 0 Å². The minimum atomic E-state index is -0.325. The molecule has 17 heavy (non-hydrogen) atoms. The first kappa shape index (κ1) is 11.9. The van der Waals surface area contributed by atoms with Crippen molar-refractivity contribution >= 4 is 23.3 Å². The van der Waals surface area contributed by atoms with E-state index >= 15 is 0 Å². The van der Waals surface area contributed by atoms with E-state index in [4.69, 9.17) is 0 Å². The lowest BCUT2D eigenvalue weighted by molar-refractivity contribution is 0.612. The number of para-hydroxylation sites is 1. The normalized spacial score (nSPS) is 14.1. The number of aromatic nitrogens is 2. The molecule has 2 N–H and O–H groups in total. The van der Waals surface area contributed by atoms with Crippen molar-refractivity contribution < 1.29 is 0 Å². The number of aromatic amines is 1. The molecule has 0 aliphatic carbocycles. The molecule has 5 nitrogen and oxygen atoms in total. The van der Waals surface area contributed by atoms with Crippen molar-refractivity contribution in [3.8, 4) is 0 Å². The highest BCUT2D eigenvalue weighted by molar-refractivity contribution is 5.85. The third kappa shape index (κ3) is 1.77. The largest absolute Gasteiger partial charge is 0.328 e. The zero-order valence-corrected chi connectivity index (χ0v) is 9.84. The van der Waals surface area contributed by atoms with Gasteiger partial charge in [-0.1, -0.05) is 12.1 Å². The lowest BCUT2D eigenvalue weighted by Crippen LogP contribution is -2.31. The maximum atomic E-state index is 11.7. The molecule has 2 aromatic rings. The van der Waals surface area contributed by atoms with Crippen molar-refractivity contribution in [1.29, 1.82) is 0 Å². The van der Waals surface area contributed by atoms with Crippen LogP contribution in [0.1, 0.15) is 5.56 Å². The van der Waals surface area contributed by atoms with E-state index in [-0.39, 0.29) is 23.7 Å². The average molecular weight is 254 g/mol. The molecule has 6 heteroatoms. The van der Waals surface area contributed by atoms with E-state index < -0.39 is 0 Å². The number of halogens is 1. The summed E-state index contributed by atoms with van der Waals surface area (Å²) >= 11 is 0. The SMILES string of the molecule is Cl.O=c1[nH]c(=O)n2c3c(cccc13)CNCC2. The summed E-state index contributed by atoms with van der Waals surface area (Å²) < 4.78 is 1.63. The van der Waals surface area contributed by atoms with Gasteiger partial charge in [-0.2, -0.15) is 0 Å². The highest BCUT2D eigenvalue weighted by atomic mass is 35.5. The number of H-pyrrole nitrogens is 1.